The summed E-state index contributed by atoms with van der Waals surface area (Å²) in [7, 11) is 1.77. The predicted octanol–water partition coefficient (Wildman–Crippen LogP) is 3.84. The van der Waals surface area contributed by atoms with Gasteiger partial charge in [-0.25, -0.2) is 0 Å². The minimum Gasteiger partial charge on any atom is -0.341 e. The Hall–Kier alpha value is -2.44. The highest BCUT2D eigenvalue weighted by molar-refractivity contribution is 7.71. The highest BCUT2D eigenvalue weighted by Crippen LogP contribution is 2.13. The van der Waals surface area contributed by atoms with Crippen LogP contribution in [0.15, 0.2) is 54.6 Å². The number of benzene rings is 2. The molecule has 7 heteroatoms. The van der Waals surface area contributed by atoms with Gasteiger partial charge in [0.15, 0.2) is 4.77 Å². The summed E-state index contributed by atoms with van der Waals surface area (Å²) in [5.74, 6) is 0.593. The first-order chi connectivity index (χ1) is 12.5. The summed E-state index contributed by atoms with van der Waals surface area (Å²) in [5, 5.41) is 7.68. The van der Waals surface area contributed by atoms with Crippen LogP contribution in [0.2, 0.25) is 5.02 Å². The van der Waals surface area contributed by atoms with Crippen molar-refractivity contribution in [3.8, 4) is 0 Å². The van der Waals surface area contributed by atoms with E-state index in [2.05, 4.69) is 10.2 Å². The van der Waals surface area contributed by atoms with E-state index in [1.165, 1.54) is 0 Å². The van der Waals surface area contributed by atoms with Gasteiger partial charge in [-0.15, -0.1) is 0 Å². The van der Waals surface area contributed by atoms with Crippen molar-refractivity contribution in [3.63, 3.8) is 0 Å². The van der Waals surface area contributed by atoms with E-state index in [4.69, 9.17) is 23.8 Å². The van der Waals surface area contributed by atoms with E-state index < -0.39 is 0 Å². The van der Waals surface area contributed by atoms with Crippen molar-refractivity contribution in [2.45, 2.75) is 19.5 Å². The lowest BCUT2D eigenvalue weighted by molar-refractivity contribution is -0.129. The molecule has 1 aromatic heterocycles. The summed E-state index contributed by atoms with van der Waals surface area (Å²) < 4.78 is 2.37. The topological polar surface area (TPSA) is 53.9 Å². The molecule has 0 unspecified atom stereocenters. The van der Waals surface area contributed by atoms with Gasteiger partial charge in [-0.3, -0.25) is 14.5 Å². The van der Waals surface area contributed by atoms with Gasteiger partial charge in [0.05, 0.1) is 13.0 Å². The fourth-order valence-corrected chi connectivity index (χ4v) is 3.11. The van der Waals surface area contributed by atoms with Gasteiger partial charge >= 0.3 is 0 Å². The molecule has 0 saturated heterocycles. The lowest BCUT2D eigenvalue weighted by Gasteiger charge is -2.17. The third-order valence-electron chi connectivity index (χ3n) is 4.06. The second-order valence-corrected chi connectivity index (χ2v) is 6.90. The number of halogens is 1. The van der Waals surface area contributed by atoms with E-state index in [0.29, 0.717) is 28.7 Å². The molecule has 0 aliphatic carbocycles. The molecule has 3 rings (SSSR count). The maximum Gasteiger partial charge on any atom is 0.230 e. The normalized spacial score (nSPS) is 10.7. The Kier molecular flexibility index (Phi) is 5.85. The number of amides is 1. The number of likely N-dealkylation sites (N-methyl/N-ethyl adjacent to an activating group) is 1. The van der Waals surface area contributed by atoms with Gasteiger partial charge in [-0.1, -0.05) is 54.1 Å². The Labute approximate surface area is 162 Å². The zero-order chi connectivity index (χ0) is 18.5. The van der Waals surface area contributed by atoms with Crippen molar-refractivity contribution in [1.82, 2.24) is 19.7 Å². The molecule has 1 N–H and O–H groups in total. The Balaban J connectivity index is 1.70. The molecule has 1 amide bonds. The number of nitrogens with zero attached hydrogens (tertiary/aromatic N) is 3. The zero-order valence-corrected chi connectivity index (χ0v) is 15.9. The van der Waals surface area contributed by atoms with Gasteiger partial charge in [0.1, 0.15) is 5.82 Å². The fraction of sp³-hybridized carbons (Fsp3) is 0.211. The molecule has 0 aliphatic rings. The average Bonchev–Trinajstić information content (AvgIpc) is 2.96. The maximum absolute atomic E-state index is 12.6. The number of aromatic amines is 1. The lowest BCUT2D eigenvalue weighted by Crippen LogP contribution is -2.28. The summed E-state index contributed by atoms with van der Waals surface area (Å²) >= 11 is 11.3. The second-order valence-electron chi connectivity index (χ2n) is 6.07. The van der Waals surface area contributed by atoms with Gasteiger partial charge in [0.25, 0.3) is 0 Å². The third kappa shape index (κ3) is 4.59. The zero-order valence-electron chi connectivity index (χ0n) is 14.4. The molecule has 0 saturated carbocycles. The number of aromatic nitrogens is 3. The van der Waals surface area contributed by atoms with Crippen LogP contribution >= 0.6 is 23.8 Å². The molecule has 0 atom stereocenters. The molecule has 26 heavy (non-hydrogen) atoms. The van der Waals surface area contributed by atoms with Crippen molar-refractivity contribution in [3.05, 3.63) is 81.3 Å². The van der Waals surface area contributed by atoms with E-state index >= 15 is 0 Å². The van der Waals surface area contributed by atoms with Crippen LogP contribution in [-0.2, 0) is 24.3 Å². The van der Waals surface area contributed by atoms with Crippen LogP contribution < -0.4 is 0 Å². The molecule has 0 spiro atoms. The van der Waals surface area contributed by atoms with E-state index in [-0.39, 0.29) is 12.3 Å². The van der Waals surface area contributed by atoms with E-state index in [9.17, 15) is 4.79 Å². The Morgan fingerprint density at radius 2 is 1.92 bits per heavy atom. The third-order valence-corrected chi connectivity index (χ3v) is 4.61. The Morgan fingerprint density at radius 1 is 1.19 bits per heavy atom. The minimum absolute atomic E-state index is 0.0340. The van der Waals surface area contributed by atoms with Crippen LogP contribution in [-0.4, -0.2) is 32.6 Å². The van der Waals surface area contributed by atoms with E-state index in [1.807, 2.05) is 59.2 Å². The molecular formula is C19H19ClN4OS. The largest absolute Gasteiger partial charge is 0.341 e. The number of hydrogen-bond acceptors (Lipinski definition) is 3. The van der Waals surface area contributed by atoms with Gasteiger partial charge in [0, 0.05) is 18.6 Å². The molecule has 1 heterocycles. The van der Waals surface area contributed by atoms with Crippen molar-refractivity contribution in [1.29, 1.82) is 0 Å². The summed E-state index contributed by atoms with van der Waals surface area (Å²) in [5.41, 5.74) is 2.09. The van der Waals surface area contributed by atoms with Gasteiger partial charge in [0.2, 0.25) is 5.91 Å². The smallest absolute Gasteiger partial charge is 0.230 e. The Morgan fingerprint density at radius 3 is 2.65 bits per heavy atom. The predicted molar refractivity (Wildman–Crippen MR) is 105 cm³/mol. The van der Waals surface area contributed by atoms with Crippen molar-refractivity contribution >= 4 is 29.7 Å². The molecule has 134 valence electrons. The number of hydrogen-bond donors (Lipinski definition) is 1. The number of H-pyrrole nitrogens is 1. The van der Waals surface area contributed by atoms with Crippen LogP contribution in [0.25, 0.3) is 0 Å². The highest BCUT2D eigenvalue weighted by atomic mass is 35.5. The summed E-state index contributed by atoms with van der Waals surface area (Å²) in [4.78, 5) is 14.3. The molecule has 2 aromatic carbocycles. The first-order valence-corrected chi connectivity index (χ1v) is 8.98. The number of nitrogens with one attached hydrogen (secondary N) is 1. The second kappa shape index (κ2) is 8.29. The number of carbonyl (C=O) groups excluding carboxylic acids is 1. The Bertz CT molecular complexity index is 951. The fourth-order valence-electron chi connectivity index (χ4n) is 2.68. The molecule has 0 fully saturated rings. The summed E-state index contributed by atoms with van der Waals surface area (Å²) in [6.45, 7) is 1.07. The van der Waals surface area contributed by atoms with Crippen LogP contribution in [0.4, 0.5) is 0 Å². The van der Waals surface area contributed by atoms with E-state index in [1.54, 1.807) is 11.9 Å². The lowest BCUT2D eigenvalue weighted by atomic mass is 10.2. The molecular weight excluding hydrogens is 368 g/mol. The summed E-state index contributed by atoms with van der Waals surface area (Å²) in [6, 6.07) is 17.4. The van der Waals surface area contributed by atoms with Gasteiger partial charge < -0.3 is 4.90 Å². The average molecular weight is 387 g/mol. The standard InChI is InChI=1S/C19H19ClN4OS/c1-23(12-15-8-5-9-16(20)10-15)18(25)11-17-21-22-19(26)24(17)13-14-6-3-2-4-7-14/h2-10H,11-13H2,1H3,(H,22,26). The van der Waals surface area contributed by atoms with Gasteiger partial charge in [-0.2, -0.15) is 5.10 Å². The summed E-state index contributed by atoms with van der Waals surface area (Å²) in [6.07, 6.45) is 0.178. The molecule has 0 bridgehead atoms. The molecule has 5 nitrogen and oxygen atoms in total. The SMILES string of the molecule is CN(Cc1cccc(Cl)c1)C(=O)Cc1n[nH]c(=S)n1Cc1ccccc1. The number of carbonyl (C=O) groups is 1. The number of rotatable bonds is 6. The first kappa shape index (κ1) is 18.4. The van der Waals surface area contributed by atoms with Crippen LogP contribution in [0.3, 0.4) is 0 Å². The molecule has 3 aromatic rings. The van der Waals surface area contributed by atoms with Crippen LogP contribution in [0.1, 0.15) is 17.0 Å². The quantitative estimate of drug-likeness (QED) is 0.655. The maximum atomic E-state index is 12.6. The van der Waals surface area contributed by atoms with Crippen LogP contribution in [0, 0.1) is 4.77 Å². The van der Waals surface area contributed by atoms with E-state index in [0.717, 1.165) is 11.1 Å². The van der Waals surface area contributed by atoms with Gasteiger partial charge in [-0.05, 0) is 35.5 Å². The monoisotopic (exact) mass is 386 g/mol. The minimum atomic E-state index is -0.0340. The van der Waals surface area contributed by atoms with Crippen LogP contribution in [0.5, 0.6) is 0 Å². The first-order valence-electron chi connectivity index (χ1n) is 8.19. The van der Waals surface area contributed by atoms with Crippen molar-refractivity contribution in [2.75, 3.05) is 7.05 Å². The molecule has 0 radical (unpaired) electrons. The highest BCUT2D eigenvalue weighted by Gasteiger charge is 2.15. The molecule has 0 aliphatic heterocycles. The van der Waals surface area contributed by atoms with Crippen molar-refractivity contribution < 1.29 is 4.79 Å². The van der Waals surface area contributed by atoms with Crippen molar-refractivity contribution in [2.24, 2.45) is 0 Å².